The van der Waals surface area contributed by atoms with E-state index in [-0.39, 0.29) is 24.0 Å². The normalized spacial score (nSPS) is 10.8. The van der Waals surface area contributed by atoms with E-state index in [0.717, 1.165) is 30.2 Å². The van der Waals surface area contributed by atoms with Crippen molar-refractivity contribution in [3.05, 3.63) is 28.8 Å². The molecule has 0 aliphatic heterocycles. The third-order valence-electron chi connectivity index (χ3n) is 3.11. The Bertz CT molecular complexity index is 455. The van der Waals surface area contributed by atoms with Gasteiger partial charge in [0.15, 0.2) is 5.96 Å². The van der Waals surface area contributed by atoms with Gasteiger partial charge in [0.1, 0.15) is 5.75 Å². The minimum atomic E-state index is 0. The standard InChI is InChI=1S/C15H24ClN3O.HI/c1-5-6-9-19(3)15(17-2)18-11-12-7-8-13(16)10-14(12)20-4;/h7-8,10H,5-6,9,11H2,1-4H3,(H,17,18);1H. The van der Waals surface area contributed by atoms with E-state index >= 15 is 0 Å². The highest BCUT2D eigenvalue weighted by atomic mass is 127. The molecule has 1 N–H and O–H groups in total. The lowest BCUT2D eigenvalue weighted by atomic mass is 10.2. The molecule has 6 heteroatoms. The van der Waals surface area contributed by atoms with E-state index in [0.29, 0.717) is 11.6 Å². The maximum Gasteiger partial charge on any atom is 0.193 e. The van der Waals surface area contributed by atoms with Crippen molar-refractivity contribution in [1.29, 1.82) is 0 Å². The summed E-state index contributed by atoms with van der Waals surface area (Å²) >= 11 is 5.96. The van der Waals surface area contributed by atoms with Gasteiger partial charge in [0.25, 0.3) is 0 Å². The van der Waals surface area contributed by atoms with E-state index in [2.05, 4.69) is 22.1 Å². The number of hydrogen-bond donors (Lipinski definition) is 1. The smallest absolute Gasteiger partial charge is 0.193 e. The van der Waals surface area contributed by atoms with Gasteiger partial charge in [-0.25, -0.2) is 0 Å². The Balaban J connectivity index is 0.00000400. The van der Waals surface area contributed by atoms with Crippen molar-refractivity contribution in [2.45, 2.75) is 26.3 Å². The quantitative estimate of drug-likeness (QED) is 0.428. The summed E-state index contributed by atoms with van der Waals surface area (Å²) in [6.07, 6.45) is 2.33. The highest BCUT2D eigenvalue weighted by Gasteiger charge is 2.08. The minimum absolute atomic E-state index is 0. The van der Waals surface area contributed by atoms with Gasteiger partial charge >= 0.3 is 0 Å². The molecule has 120 valence electrons. The van der Waals surface area contributed by atoms with Crippen LogP contribution >= 0.6 is 35.6 Å². The number of nitrogens with one attached hydrogen (secondary N) is 1. The average Bonchev–Trinajstić information content (AvgIpc) is 2.46. The first-order valence-electron chi connectivity index (χ1n) is 6.86. The molecule has 1 rings (SSSR count). The summed E-state index contributed by atoms with van der Waals surface area (Å²) in [5.74, 6) is 1.67. The van der Waals surface area contributed by atoms with Crippen molar-refractivity contribution in [3.8, 4) is 5.75 Å². The third-order valence-corrected chi connectivity index (χ3v) is 3.34. The molecule has 0 aromatic heterocycles. The van der Waals surface area contributed by atoms with Crippen molar-refractivity contribution in [3.63, 3.8) is 0 Å². The molecule has 0 unspecified atom stereocenters. The lowest BCUT2D eigenvalue weighted by molar-refractivity contribution is 0.408. The molecular formula is C15H25ClIN3O. The summed E-state index contributed by atoms with van der Waals surface area (Å²) in [6.45, 7) is 3.83. The fourth-order valence-electron chi connectivity index (χ4n) is 1.92. The van der Waals surface area contributed by atoms with E-state index < -0.39 is 0 Å². The summed E-state index contributed by atoms with van der Waals surface area (Å²) in [5, 5.41) is 4.02. The molecule has 21 heavy (non-hydrogen) atoms. The number of nitrogens with zero attached hydrogens (tertiary/aromatic N) is 2. The molecule has 0 fully saturated rings. The van der Waals surface area contributed by atoms with Crippen LogP contribution in [0, 0.1) is 0 Å². The fourth-order valence-corrected chi connectivity index (χ4v) is 2.09. The second-order valence-corrected chi connectivity index (χ2v) is 5.07. The molecule has 0 amide bonds. The number of methoxy groups -OCH3 is 1. The molecule has 1 aromatic carbocycles. The number of unbranched alkanes of at least 4 members (excludes halogenated alkanes) is 1. The Morgan fingerprint density at radius 3 is 2.71 bits per heavy atom. The Kier molecular flexibility index (Phi) is 10.6. The van der Waals surface area contributed by atoms with Crippen LogP contribution in [0.15, 0.2) is 23.2 Å². The van der Waals surface area contributed by atoms with Crippen molar-refractivity contribution in [2.75, 3.05) is 27.7 Å². The van der Waals surface area contributed by atoms with Crippen LogP contribution in [0.4, 0.5) is 0 Å². The average molecular weight is 426 g/mol. The van der Waals surface area contributed by atoms with Crippen LogP contribution in [-0.2, 0) is 6.54 Å². The summed E-state index contributed by atoms with van der Waals surface area (Å²) in [5.41, 5.74) is 1.06. The number of ether oxygens (including phenoxy) is 1. The van der Waals surface area contributed by atoms with Crippen molar-refractivity contribution in [1.82, 2.24) is 10.2 Å². The second kappa shape index (κ2) is 11.0. The Morgan fingerprint density at radius 1 is 1.43 bits per heavy atom. The molecule has 4 nitrogen and oxygen atoms in total. The van der Waals surface area contributed by atoms with Gasteiger partial charge in [-0.3, -0.25) is 4.99 Å². The maximum absolute atomic E-state index is 5.96. The van der Waals surface area contributed by atoms with E-state index in [1.54, 1.807) is 14.2 Å². The van der Waals surface area contributed by atoms with Crippen LogP contribution in [0.1, 0.15) is 25.3 Å². The molecule has 0 bridgehead atoms. The van der Waals surface area contributed by atoms with E-state index in [4.69, 9.17) is 16.3 Å². The number of hydrogen-bond acceptors (Lipinski definition) is 2. The highest BCUT2D eigenvalue weighted by molar-refractivity contribution is 14.0. The van der Waals surface area contributed by atoms with Gasteiger partial charge in [-0.15, -0.1) is 24.0 Å². The van der Waals surface area contributed by atoms with Crippen LogP contribution in [0.25, 0.3) is 0 Å². The molecule has 0 saturated heterocycles. The summed E-state index contributed by atoms with van der Waals surface area (Å²) in [7, 11) is 5.49. The van der Waals surface area contributed by atoms with E-state index in [1.165, 1.54) is 6.42 Å². The predicted octanol–water partition coefficient (Wildman–Crippen LogP) is 3.77. The highest BCUT2D eigenvalue weighted by Crippen LogP contribution is 2.22. The molecule has 0 radical (unpaired) electrons. The Labute approximate surface area is 149 Å². The lowest BCUT2D eigenvalue weighted by Gasteiger charge is -2.22. The zero-order valence-corrected chi connectivity index (χ0v) is 16.2. The van der Waals surface area contributed by atoms with Crippen LogP contribution in [0.5, 0.6) is 5.75 Å². The molecule has 0 aliphatic rings. The molecule has 0 spiro atoms. The third kappa shape index (κ3) is 6.74. The van der Waals surface area contributed by atoms with E-state index in [9.17, 15) is 0 Å². The number of aliphatic imine (C=N–C) groups is 1. The second-order valence-electron chi connectivity index (χ2n) is 4.63. The van der Waals surface area contributed by atoms with Crippen LogP contribution < -0.4 is 10.1 Å². The largest absolute Gasteiger partial charge is 0.496 e. The molecular weight excluding hydrogens is 401 g/mol. The topological polar surface area (TPSA) is 36.9 Å². The Morgan fingerprint density at radius 2 is 2.14 bits per heavy atom. The van der Waals surface area contributed by atoms with Gasteiger partial charge in [0.05, 0.1) is 7.11 Å². The molecule has 0 aliphatic carbocycles. The van der Waals surface area contributed by atoms with E-state index in [1.807, 2.05) is 25.2 Å². The maximum atomic E-state index is 5.96. The van der Waals surface area contributed by atoms with Gasteiger partial charge in [-0.05, 0) is 18.6 Å². The van der Waals surface area contributed by atoms with Gasteiger partial charge < -0.3 is 15.0 Å². The fraction of sp³-hybridized carbons (Fsp3) is 0.533. The first-order chi connectivity index (χ1) is 9.62. The predicted molar refractivity (Wildman–Crippen MR) is 101 cm³/mol. The van der Waals surface area contributed by atoms with Crippen LogP contribution in [-0.4, -0.2) is 38.6 Å². The SMILES string of the molecule is CCCCN(C)C(=NC)NCc1ccc(Cl)cc1OC.I. The van der Waals surface area contributed by atoms with Gasteiger partial charge in [0.2, 0.25) is 0 Å². The number of halogens is 2. The van der Waals surface area contributed by atoms with Crippen molar-refractivity contribution >= 4 is 41.5 Å². The molecule has 0 saturated carbocycles. The number of benzene rings is 1. The molecule has 0 heterocycles. The van der Waals surface area contributed by atoms with Gasteiger partial charge in [-0.2, -0.15) is 0 Å². The van der Waals surface area contributed by atoms with Gasteiger partial charge in [0, 0.05) is 37.8 Å². The van der Waals surface area contributed by atoms with Crippen molar-refractivity contribution < 1.29 is 4.74 Å². The monoisotopic (exact) mass is 425 g/mol. The molecule has 0 atom stereocenters. The number of guanidine groups is 1. The zero-order chi connectivity index (χ0) is 15.0. The summed E-state index contributed by atoms with van der Waals surface area (Å²) in [4.78, 5) is 6.42. The minimum Gasteiger partial charge on any atom is -0.496 e. The van der Waals surface area contributed by atoms with Crippen LogP contribution in [0.2, 0.25) is 5.02 Å². The lowest BCUT2D eigenvalue weighted by Crippen LogP contribution is -2.39. The number of rotatable bonds is 6. The summed E-state index contributed by atoms with van der Waals surface area (Å²) < 4.78 is 5.34. The van der Waals surface area contributed by atoms with Gasteiger partial charge in [-0.1, -0.05) is 31.0 Å². The zero-order valence-electron chi connectivity index (χ0n) is 13.1. The van der Waals surface area contributed by atoms with Crippen LogP contribution in [0.3, 0.4) is 0 Å². The Hall–Kier alpha value is -0.690. The first-order valence-corrected chi connectivity index (χ1v) is 7.24. The first kappa shape index (κ1) is 20.3. The molecule has 1 aromatic rings. The van der Waals surface area contributed by atoms with Crippen molar-refractivity contribution in [2.24, 2.45) is 4.99 Å². The summed E-state index contributed by atoms with van der Waals surface area (Å²) in [6, 6.07) is 5.65.